The first-order valence-electron chi connectivity index (χ1n) is 6.54. The van der Waals surface area contributed by atoms with E-state index in [2.05, 4.69) is 45.9 Å². The van der Waals surface area contributed by atoms with Crippen molar-refractivity contribution in [3.8, 4) is 6.07 Å². The van der Waals surface area contributed by atoms with Crippen molar-refractivity contribution in [3.63, 3.8) is 0 Å². The number of hydrogen-bond donors (Lipinski definition) is 1. The molecule has 18 heavy (non-hydrogen) atoms. The smallest absolute Gasteiger partial charge is 0.101 e. The molecular weight excluding hydrogens is 220 g/mol. The molecule has 1 rings (SSSR count). The number of aryl methyl sites for hydroxylation is 3. The molecule has 0 amide bonds. The highest BCUT2D eigenvalue weighted by Crippen LogP contribution is 2.29. The van der Waals surface area contributed by atoms with Crippen LogP contribution in [-0.2, 0) is 0 Å². The second-order valence-corrected chi connectivity index (χ2v) is 5.78. The molecule has 0 spiro atoms. The Morgan fingerprint density at radius 2 is 1.78 bits per heavy atom. The summed E-state index contributed by atoms with van der Waals surface area (Å²) in [5.41, 5.74) is 10.6. The third-order valence-electron chi connectivity index (χ3n) is 3.58. The molecule has 0 aromatic heterocycles. The Morgan fingerprint density at radius 1 is 1.28 bits per heavy atom. The molecular formula is C16H24N2. The molecule has 0 saturated heterocycles. The number of nitrogens with zero attached hydrogens (tertiary/aromatic N) is 1. The van der Waals surface area contributed by atoms with Gasteiger partial charge in [0.25, 0.3) is 0 Å². The molecule has 2 heteroatoms. The van der Waals surface area contributed by atoms with Gasteiger partial charge in [-0.05, 0) is 63.1 Å². The molecule has 0 heterocycles. The fraction of sp³-hybridized carbons (Fsp3) is 0.562. The van der Waals surface area contributed by atoms with Crippen molar-refractivity contribution in [1.29, 1.82) is 5.26 Å². The Bertz CT molecular complexity index is 443. The quantitative estimate of drug-likeness (QED) is 0.877. The van der Waals surface area contributed by atoms with Crippen LogP contribution in [0.4, 0.5) is 0 Å². The van der Waals surface area contributed by atoms with Crippen LogP contribution < -0.4 is 5.73 Å². The zero-order valence-corrected chi connectivity index (χ0v) is 12.2. The Morgan fingerprint density at radius 3 is 2.22 bits per heavy atom. The van der Waals surface area contributed by atoms with E-state index >= 15 is 0 Å². The summed E-state index contributed by atoms with van der Waals surface area (Å²) in [6.45, 7) is 10.5. The van der Waals surface area contributed by atoms with Crippen molar-refractivity contribution in [3.05, 3.63) is 34.4 Å². The molecule has 98 valence electrons. The summed E-state index contributed by atoms with van der Waals surface area (Å²) < 4.78 is 0. The van der Waals surface area contributed by atoms with Crippen molar-refractivity contribution in [2.24, 2.45) is 5.73 Å². The Balaban J connectivity index is 2.86. The second kappa shape index (κ2) is 5.54. The van der Waals surface area contributed by atoms with Gasteiger partial charge < -0.3 is 5.73 Å². The largest absolute Gasteiger partial charge is 0.314 e. The monoisotopic (exact) mass is 244 g/mol. The van der Waals surface area contributed by atoms with Gasteiger partial charge >= 0.3 is 0 Å². The minimum absolute atomic E-state index is 0.446. The van der Waals surface area contributed by atoms with E-state index in [1.165, 1.54) is 22.3 Å². The minimum Gasteiger partial charge on any atom is -0.314 e. The maximum Gasteiger partial charge on any atom is 0.101 e. The van der Waals surface area contributed by atoms with Crippen LogP contribution in [0.1, 0.15) is 54.9 Å². The number of hydrogen-bond acceptors (Lipinski definition) is 2. The molecule has 2 atom stereocenters. The molecule has 1 aromatic rings. The van der Waals surface area contributed by atoms with Gasteiger partial charge in [-0.25, -0.2) is 0 Å². The first kappa shape index (κ1) is 14.7. The summed E-state index contributed by atoms with van der Waals surface area (Å²) in [6.07, 6.45) is 1.68. The van der Waals surface area contributed by atoms with E-state index in [0.717, 1.165) is 12.8 Å². The average Bonchev–Trinajstić information content (AvgIpc) is 2.25. The number of benzene rings is 1. The van der Waals surface area contributed by atoms with Crippen molar-refractivity contribution >= 4 is 0 Å². The summed E-state index contributed by atoms with van der Waals surface area (Å²) >= 11 is 0. The molecule has 2 unspecified atom stereocenters. The molecule has 0 aliphatic heterocycles. The third kappa shape index (κ3) is 3.58. The van der Waals surface area contributed by atoms with E-state index in [-0.39, 0.29) is 0 Å². The Hall–Kier alpha value is -1.33. The van der Waals surface area contributed by atoms with Gasteiger partial charge in [-0.1, -0.05) is 24.6 Å². The molecule has 0 saturated carbocycles. The lowest BCUT2D eigenvalue weighted by molar-refractivity contribution is 0.490. The fourth-order valence-corrected chi connectivity index (χ4v) is 2.69. The third-order valence-corrected chi connectivity index (χ3v) is 3.58. The van der Waals surface area contributed by atoms with Crippen LogP contribution in [0.5, 0.6) is 0 Å². The van der Waals surface area contributed by atoms with E-state index in [9.17, 15) is 0 Å². The minimum atomic E-state index is -0.708. The van der Waals surface area contributed by atoms with Gasteiger partial charge in [-0.2, -0.15) is 5.26 Å². The van der Waals surface area contributed by atoms with Crippen LogP contribution >= 0.6 is 0 Å². The van der Waals surface area contributed by atoms with E-state index in [1.54, 1.807) is 6.92 Å². The zero-order chi connectivity index (χ0) is 13.9. The van der Waals surface area contributed by atoms with Gasteiger partial charge in [0.15, 0.2) is 0 Å². The highest BCUT2D eigenvalue weighted by atomic mass is 14.7. The number of nitriles is 1. The first-order chi connectivity index (χ1) is 8.26. The van der Waals surface area contributed by atoms with Crippen LogP contribution in [0, 0.1) is 32.1 Å². The maximum atomic E-state index is 8.95. The first-order valence-corrected chi connectivity index (χ1v) is 6.54. The van der Waals surface area contributed by atoms with Crippen molar-refractivity contribution in [1.82, 2.24) is 0 Å². The highest BCUT2D eigenvalue weighted by molar-refractivity contribution is 5.39. The van der Waals surface area contributed by atoms with Crippen molar-refractivity contribution in [2.75, 3.05) is 0 Å². The fourth-order valence-electron chi connectivity index (χ4n) is 2.69. The Kier molecular flexibility index (Phi) is 4.53. The molecule has 0 fully saturated rings. The van der Waals surface area contributed by atoms with Gasteiger partial charge in [-0.15, -0.1) is 0 Å². The normalized spacial score (nSPS) is 15.8. The predicted octanol–water partition coefficient (Wildman–Crippen LogP) is 3.74. The summed E-state index contributed by atoms with van der Waals surface area (Å²) in [5, 5.41) is 8.95. The summed E-state index contributed by atoms with van der Waals surface area (Å²) in [7, 11) is 0. The van der Waals surface area contributed by atoms with E-state index in [0.29, 0.717) is 5.92 Å². The zero-order valence-electron chi connectivity index (χ0n) is 12.2. The number of nitrogens with two attached hydrogens (primary N) is 1. The lowest BCUT2D eigenvalue weighted by Crippen LogP contribution is -2.34. The van der Waals surface area contributed by atoms with Crippen LogP contribution in [0.3, 0.4) is 0 Å². The maximum absolute atomic E-state index is 8.95. The lowest BCUT2D eigenvalue weighted by Gasteiger charge is -2.22. The molecule has 1 aromatic carbocycles. The molecule has 0 bridgehead atoms. The highest BCUT2D eigenvalue weighted by Gasteiger charge is 2.20. The number of rotatable bonds is 4. The average molecular weight is 244 g/mol. The molecule has 0 aliphatic carbocycles. The van der Waals surface area contributed by atoms with Crippen LogP contribution in [-0.4, -0.2) is 5.54 Å². The second-order valence-electron chi connectivity index (χ2n) is 5.78. The van der Waals surface area contributed by atoms with Crippen LogP contribution in [0.2, 0.25) is 0 Å². The summed E-state index contributed by atoms with van der Waals surface area (Å²) in [4.78, 5) is 0. The predicted molar refractivity (Wildman–Crippen MR) is 76.5 cm³/mol. The molecule has 0 aliphatic rings. The van der Waals surface area contributed by atoms with E-state index < -0.39 is 5.54 Å². The van der Waals surface area contributed by atoms with Crippen molar-refractivity contribution < 1.29 is 0 Å². The molecule has 2 nitrogen and oxygen atoms in total. The van der Waals surface area contributed by atoms with Gasteiger partial charge in [0, 0.05) is 0 Å². The van der Waals surface area contributed by atoms with E-state index in [1.807, 2.05) is 0 Å². The SMILES string of the molecule is Cc1cc(C)c(C(C)CCC(C)(N)C#N)c(C)c1. The van der Waals surface area contributed by atoms with Crippen LogP contribution in [0.15, 0.2) is 12.1 Å². The Labute approximate surface area is 111 Å². The molecule has 0 radical (unpaired) electrons. The topological polar surface area (TPSA) is 49.8 Å². The van der Waals surface area contributed by atoms with Gasteiger partial charge in [0.05, 0.1) is 6.07 Å². The van der Waals surface area contributed by atoms with E-state index in [4.69, 9.17) is 11.0 Å². The molecule has 2 N–H and O–H groups in total. The van der Waals surface area contributed by atoms with Crippen LogP contribution in [0.25, 0.3) is 0 Å². The van der Waals surface area contributed by atoms with Crippen molar-refractivity contribution in [2.45, 2.75) is 58.9 Å². The summed E-state index contributed by atoms with van der Waals surface area (Å²) in [6, 6.07) is 6.62. The van der Waals surface area contributed by atoms with Gasteiger partial charge in [0.1, 0.15) is 5.54 Å². The standard InChI is InChI=1S/C16H24N2/c1-11-8-13(3)15(14(4)9-11)12(2)6-7-16(5,18)10-17/h8-9,12H,6-7,18H2,1-5H3. The lowest BCUT2D eigenvalue weighted by atomic mass is 9.85. The van der Waals surface area contributed by atoms with Gasteiger partial charge in [0.2, 0.25) is 0 Å². The summed E-state index contributed by atoms with van der Waals surface area (Å²) in [5.74, 6) is 0.446. The van der Waals surface area contributed by atoms with Gasteiger partial charge in [-0.3, -0.25) is 0 Å².